The van der Waals surface area contributed by atoms with Gasteiger partial charge in [-0.1, -0.05) is 0 Å². The van der Waals surface area contributed by atoms with E-state index in [9.17, 15) is 9.70 Å². The molecule has 0 unspecified atom stereocenters. The Labute approximate surface area is 99.8 Å². The maximum atomic E-state index is 11.7. The second-order valence-corrected chi connectivity index (χ2v) is 3.59. The molecule has 1 heterocycles. The fraction of sp³-hybridized carbons (Fsp3) is 0.455. The highest BCUT2D eigenvalue weighted by Gasteiger charge is 2.07. The van der Waals surface area contributed by atoms with Crippen LogP contribution in [0.4, 0.5) is 0 Å². The standard InChI is InChI=1S/C11H16N4O2/c12-5-8-15(14-17)7-2-4-11(16)10-3-1-6-13-9-10/h1,3,6,9H,2,4-5,7-8,12H2. The van der Waals surface area contributed by atoms with Crippen molar-refractivity contribution < 1.29 is 4.79 Å². The third kappa shape index (κ3) is 4.69. The van der Waals surface area contributed by atoms with Crippen molar-refractivity contribution in [1.29, 1.82) is 0 Å². The van der Waals surface area contributed by atoms with E-state index >= 15 is 0 Å². The minimum atomic E-state index is 0.0247. The van der Waals surface area contributed by atoms with Gasteiger partial charge in [0.05, 0.1) is 11.8 Å². The first-order chi connectivity index (χ1) is 8.27. The summed E-state index contributed by atoms with van der Waals surface area (Å²) in [7, 11) is 0. The minimum absolute atomic E-state index is 0.0247. The lowest BCUT2D eigenvalue weighted by Crippen LogP contribution is -2.25. The third-order valence-corrected chi connectivity index (χ3v) is 2.31. The quantitative estimate of drug-likeness (QED) is 0.413. The van der Waals surface area contributed by atoms with E-state index in [1.165, 1.54) is 11.2 Å². The Balaban J connectivity index is 2.31. The fourth-order valence-corrected chi connectivity index (χ4v) is 1.44. The number of rotatable bonds is 8. The van der Waals surface area contributed by atoms with Gasteiger partial charge in [0.25, 0.3) is 0 Å². The van der Waals surface area contributed by atoms with Crippen LogP contribution in [0, 0.1) is 4.91 Å². The summed E-state index contributed by atoms with van der Waals surface area (Å²) < 4.78 is 0. The van der Waals surface area contributed by atoms with E-state index in [2.05, 4.69) is 10.3 Å². The molecular weight excluding hydrogens is 220 g/mol. The normalized spacial score (nSPS) is 9.94. The molecule has 0 aliphatic heterocycles. The number of nitrogens with two attached hydrogens (primary N) is 1. The number of carbonyl (C=O) groups excluding carboxylic acids is 1. The monoisotopic (exact) mass is 236 g/mol. The van der Waals surface area contributed by atoms with Gasteiger partial charge in [0.2, 0.25) is 0 Å². The maximum absolute atomic E-state index is 11.7. The van der Waals surface area contributed by atoms with Gasteiger partial charge in [-0.25, -0.2) is 0 Å². The van der Waals surface area contributed by atoms with Crippen LogP contribution < -0.4 is 5.73 Å². The Morgan fingerprint density at radius 2 is 2.29 bits per heavy atom. The van der Waals surface area contributed by atoms with Gasteiger partial charge in [-0.2, -0.15) is 0 Å². The molecule has 0 spiro atoms. The van der Waals surface area contributed by atoms with Crippen molar-refractivity contribution in [2.75, 3.05) is 19.6 Å². The highest BCUT2D eigenvalue weighted by atomic mass is 16.3. The molecule has 0 aromatic carbocycles. The molecule has 0 fully saturated rings. The largest absolute Gasteiger partial charge is 0.329 e. The highest BCUT2D eigenvalue weighted by molar-refractivity contribution is 5.95. The summed E-state index contributed by atoms with van der Waals surface area (Å²) in [5, 5.41) is 4.16. The third-order valence-electron chi connectivity index (χ3n) is 2.31. The van der Waals surface area contributed by atoms with Crippen molar-refractivity contribution in [2.24, 2.45) is 11.0 Å². The van der Waals surface area contributed by atoms with Crippen LogP contribution in [0.15, 0.2) is 29.8 Å². The van der Waals surface area contributed by atoms with Crippen LogP contribution in [0.25, 0.3) is 0 Å². The zero-order valence-corrected chi connectivity index (χ0v) is 9.58. The summed E-state index contributed by atoms with van der Waals surface area (Å²) in [6.07, 6.45) is 4.12. The molecule has 17 heavy (non-hydrogen) atoms. The van der Waals surface area contributed by atoms with Gasteiger partial charge < -0.3 is 5.73 Å². The predicted octanol–water partition coefficient (Wildman–Crippen LogP) is 0.987. The first-order valence-corrected chi connectivity index (χ1v) is 5.49. The molecule has 0 aliphatic rings. The summed E-state index contributed by atoms with van der Waals surface area (Å²) in [6.45, 7) is 1.25. The molecule has 1 aromatic heterocycles. The van der Waals surface area contributed by atoms with Gasteiger partial charge in [-0.15, -0.1) is 4.91 Å². The summed E-state index contributed by atoms with van der Waals surface area (Å²) in [5.74, 6) is 0.0247. The van der Waals surface area contributed by atoms with Crippen LogP contribution in [0.3, 0.4) is 0 Å². The van der Waals surface area contributed by atoms with E-state index < -0.39 is 0 Å². The summed E-state index contributed by atoms with van der Waals surface area (Å²) >= 11 is 0. The van der Waals surface area contributed by atoms with Gasteiger partial charge in [0.1, 0.15) is 0 Å². The molecule has 2 N–H and O–H groups in total. The molecule has 0 saturated carbocycles. The Kier molecular flexibility index (Phi) is 5.81. The number of pyridine rings is 1. The Morgan fingerprint density at radius 3 is 2.88 bits per heavy atom. The molecule has 92 valence electrons. The Bertz CT molecular complexity index is 356. The van der Waals surface area contributed by atoms with Crippen molar-refractivity contribution in [2.45, 2.75) is 12.8 Å². The molecule has 0 radical (unpaired) electrons. The number of hydrogen-bond donors (Lipinski definition) is 1. The van der Waals surface area contributed by atoms with Crippen molar-refractivity contribution in [3.8, 4) is 0 Å². The average molecular weight is 236 g/mol. The summed E-state index contributed by atoms with van der Waals surface area (Å²) in [6, 6.07) is 3.45. The van der Waals surface area contributed by atoms with Crippen LogP contribution >= 0.6 is 0 Å². The zero-order valence-electron chi connectivity index (χ0n) is 9.58. The lowest BCUT2D eigenvalue weighted by atomic mass is 10.1. The van der Waals surface area contributed by atoms with Gasteiger partial charge >= 0.3 is 0 Å². The molecule has 0 amide bonds. The van der Waals surface area contributed by atoms with Crippen molar-refractivity contribution in [1.82, 2.24) is 9.99 Å². The van der Waals surface area contributed by atoms with Gasteiger partial charge in [-0.3, -0.25) is 14.8 Å². The first kappa shape index (κ1) is 13.2. The van der Waals surface area contributed by atoms with Crippen LogP contribution in [-0.2, 0) is 0 Å². The lowest BCUT2D eigenvalue weighted by Gasteiger charge is -2.12. The van der Waals surface area contributed by atoms with Gasteiger partial charge in [0, 0.05) is 37.5 Å². The number of nitroso groups, excluding NO2 is 1. The molecule has 6 heteroatoms. The minimum Gasteiger partial charge on any atom is -0.329 e. The van der Waals surface area contributed by atoms with Crippen molar-refractivity contribution in [3.63, 3.8) is 0 Å². The highest BCUT2D eigenvalue weighted by Crippen LogP contribution is 2.04. The van der Waals surface area contributed by atoms with Crippen molar-refractivity contribution >= 4 is 5.78 Å². The SMILES string of the molecule is NCCN(CCCC(=O)c1cccnc1)N=O. The van der Waals surface area contributed by atoms with Crippen LogP contribution in [0.1, 0.15) is 23.2 Å². The molecule has 0 atom stereocenters. The smallest absolute Gasteiger partial charge is 0.164 e. The Morgan fingerprint density at radius 1 is 1.47 bits per heavy atom. The number of carbonyl (C=O) groups is 1. The van der Waals surface area contributed by atoms with E-state index in [0.717, 1.165) is 0 Å². The van der Waals surface area contributed by atoms with E-state index in [4.69, 9.17) is 5.73 Å². The zero-order chi connectivity index (χ0) is 12.5. The number of ketones is 1. The summed E-state index contributed by atoms with van der Waals surface area (Å²) in [4.78, 5) is 25.9. The van der Waals surface area contributed by atoms with Crippen LogP contribution in [-0.4, -0.2) is 35.4 Å². The van der Waals surface area contributed by atoms with E-state index in [1.54, 1.807) is 18.3 Å². The number of Topliss-reactive ketones (excluding diaryl/α,β-unsaturated/α-hetero) is 1. The number of aromatic nitrogens is 1. The number of nitrogens with zero attached hydrogens (tertiary/aromatic N) is 3. The number of hydrogen-bond acceptors (Lipinski definition) is 5. The van der Waals surface area contributed by atoms with Gasteiger partial charge in [-0.05, 0) is 18.6 Å². The lowest BCUT2D eigenvalue weighted by molar-refractivity contribution is 0.0974. The Hall–Kier alpha value is -1.82. The maximum Gasteiger partial charge on any atom is 0.164 e. The molecule has 6 nitrogen and oxygen atoms in total. The van der Waals surface area contributed by atoms with E-state index in [1.807, 2.05) is 0 Å². The van der Waals surface area contributed by atoms with E-state index in [-0.39, 0.29) is 5.78 Å². The molecule has 1 rings (SSSR count). The van der Waals surface area contributed by atoms with Crippen LogP contribution in [0.2, 0.25) is 0 Å². The fourth-order valence-electron chi connectivity index (χ4n) is 1.44. The van der Waals surface area contributed by atoms with E-state index in [0.29, 0.717) is 38.0 Å². The molecule has 0 bridgehead atoms. The molecule has 1 aromatic rings. The average Bonchev–Trinajstić information content (AvgIpc) is 2.38. The van der Waals surface area contributed by atoms with Gasteiger partial charge in [0.15, 0.2) is 5.78 Å². The topological polar surface area (TPSA) is 88.7 Å². The molecular formula is C11H16N4O2. The van der Waals surface area contributed by atoms with Crippen LogP contribution in [0.5, 0.6) is 0 Å². The first-order valence-electron chi connectivity index (χ1n) is 5.49. The summed E-state index contributed by atoms with van der Waals surface area (Å²) in [5.41, 5.74) is 5.91. The molecule has 0 saturated heterocycles. The second-order valence-electron chi connectivity index (χ2n) is 3.59. The van der Waals surface area contributed by atoms with Crippen molar-refractivity contribution in [3.05, 3.63) is 35.0 Å². The molecule has 0 aliphatic carbocycles. The second kappa shape index (κ2) is 7.45. The predicted molar refractivity (Wildman–Crippen MR) is 64.2 cm³/mol.